The van der Waals surface area contributed by atoms with E-state index in [1.807, 2.05) is 0 Å². The van der Waals surface area contributed by atoms with E-state index in [1.54, 1.807) is 37.3 Å². The second-order valence-corrected chi connectivity index (χ2v) is 10.2. The maximum Gasteiger partial charge on any atom is 0.243 e. The maximum atomic E-state index is 13.4. The van der Waals surface area contributed by atoms with Crippen molar-refractivity contribution >= 4 is 31.9 Å². The van der Waals surface area contributed by atoms with Crippen LogP contribution in [-0.2, 0) is 16.4 Å². The molecule has 0 aliphatic rings. The third kappa shape index (κ3) is 5.33. The SMILES string of the molecule is COc1cccc(OC)c1-n1c(NS(=O)(=O)CCc2ccc(F)cc2Br)nnc1-c1ccc(C)o1. The summed E-state index contributed by atoms with van der Waals surface area (Å²) < 4.78 is 60.7. The van der Waals surface area contributed by atoms with Crippen molar-refractivity contribution in [2.75, 3.05) is 24.7 Å². The number of rotatable bonds is 9. The summed E-state index contributed by atoms with van der Waals surface area (Å²) in [5.74, 6) is 1.32. The summed E-state index contributed by atoms with van der Waals surface area (Å²) in [5, 5.41) is 8.28. The number of halogens is 2. The fourth-order valence-corrected chi connectivity index (χ4v) is 5.04. The second-order valence-electron chi connectivity index (χ2n) is 7.51. The van der Waals surface area contributed by atoms with Crippen LogP contribution in [-0.4, -0.2) is 43.2 Å². The molecular weight excluding hydrogens is 543 g/mol. The zero-order valence-electron chi connectivity index (χ0n) is 19.1. The predicted octanol–water partition coefficient (Wildman–Crippen LogP) is 4.74. The van der Waals surface area contributed by atoms with Gasteiger partial charge in [0.05, 0.1) is 20.0 Å². The van der Waals surface area contributed by atoms with Crippen LogP contribution in [0.15, 0.2) is 57.4 Å². The first-order valence-corrected chi connectivity index (χ1v) is 12.8. The molecule has 184 valence electrons. The topological polar surface area (TPSA) is 108 Å². The van der Waals surface area contributed by atoms with Gasteiger partial charge in [0.25, 0.3) is 0 Å². The van der Waals surface area contributed by atoms with Crippen LogP contribution in [0, 0.1) is 12.7 Å². The number of para-hydroxylation sites is 1. The van der Waals surface area contributed by atoms with E-state index < -0.39 is 15.8 Å². The van der Waals surface area contributed by atoms with E-state index in [0.29, 0.717) is 38.7 Å². The van der Waals surface area contributed by atoms with Crippen molar-refractivity contribution in [2.24, 2.45) is 0 Å². The lowest BCUT2D eigenvalue weighted by atomic mass is 10.2. The summed E-state index contributed by atoms with van der Waals surface area (Å²) in [5.41, 5.74) is 1.04. The number of nitrogens with zero attached hydrogens (tertiary/aromatic N) is 3. The molecule has 0 saturated carbocycles. The largest absolute Gasteiger partial charge is 0.494 e. The Morgan fingerprint density at radius 1 is 1.09 bits per heavy atom. The number of methoxy groups -OCH3 is 2. The zero-order valence-corrected chi connectivity index (χ0v) is 21.5. The van der Waals surface area contributed by atoms with E-state index in [1.165, 1.54) is 37.0 Å². The smallest absolute Gasteiger partial charge is 0.243 e. The molecule has 0 radical (unpaired) electrons. The number of nitrogens with one attached hydrogen (secondary N) is 1. The first-order chi connectivity index (χ1) is 16.7. The van der Waals surface area contributed by atoms with E-state index >= 15 is 0 Å². The molecule has 2 aromatic heterocycles. The lowest BCUT2D eigenvalue weighted by Crippen LogP contribution is -2.21. The summed E-state index contributed by atoms with van der Waals surface area (Å²) in [7, 11) is -0.914. The van der Waals surface area contributed by atoms with Gasteiger partial charge < -0.3 is 13.9 Å². The minimum absolute atomic E-state index is 0.0741. The maximum absolute atomic E-state index is 13.4. The number of benzene rings is 2. The van der Waals surface area contributed by atoms with Crippen LogP contribution in [0.25, 0.3) is 17.3 Å². The first-order valence-electron chi connectivity index (χ1n) is 10.4. The summed E-state index contributed by atoms with van der Waals surface area (Å²) in [6.07, 6.45) is 0.145. The molecule has 4 aromatic rings. The Kier molecular flexibility index (Phi) is 7.13. The summed E-state index contributed by atoms with van der Waals surface area (Å²) >= 11 is 3.27. The molecule has 0 bridgehead atoms. The molecule has 1 N–H and O–H groups in total. The van der Waals surface area contributed by atoms with Gasteiger partial charge >= 0.3 is 0 Å². The minimum atomic E-state index is -3.89. The van der Waals surface area contributed by atoms with Crippen molar-refractivity contribution in [1.29, 1.82) is 0 Å². The van der Waals surface area contributed by atoms with Crippen molar-refractivity contribution in [3.05, 3.63) is 70.1 Å². The van der Waals surface area contributed by atoms with Crippen LogP contribution in [0.1, 0.15) is 11.3 Å². The van der Waals surface area contributed by atoms with E-state index in [4.69, 9.17) is 13.9 Å². The Labute approximate surface area is 210 Å². The zero-order chi connectivity index (χ0) is 25.2. The van der Waals surface area contributed by atoms with E-state index in [9.17, 15) is 12.8 Å². The fourth-order valence-electron chi connectivity index (χ4n) is 3.49. The molecule has 0 amide bonds. The summed E-state index contributed by atoms with van der Waals surface area (Å²) in [4.78, 5) is 0. The Morgan fingerprint density at radius 2 is 1.80 bits per heavy atom. The predicted molar refractivity (Wildman–Crippen MR) is 132 cm³/mol. The number of hydrogen-bond acceptors (Lipinski definition) is 7. The van der Waals surface area contributed by atoms with E-state index in [0.717, 1.165) is 0 Å². The molecule has 0 aliphatic carbocycles. The molecule has 12 heteroatoms. The standard InChI is InChI=1S/C23H22BrFN4O5S/c1-14-7-10-20(34-14)22-26-27-23(29(22)21-18(32-2)5-4-6-19(21)33-3)28-35(30,31)12-11-15-8-9-16(25)13-17(15)24/h4-10,13H,11-12H2,1-3H3,(H,27,28). The highest BCUT2D eigenvalue weighted by Gasteiger charge is 2.26. The molecule has 9 nitrogen and oxygen atoms in total. The number of ether oxygens (including phenoxy) is 2. The number of aromatic nitrogens is 3. The second kappa shape index (κ2) is 10.1. The number of anilines is 1. The highest BCUT2D eigenvalue weighted by molar-refractivity contribution is 9.10. The van der Waals surface area contributed by atoms with Crippen molar-refractivity contribution in [1.82, 2.24) is 14.8 Å². The molecular formula is C23H22BrFN4O5S. The lowest BCUT2D eigenvalue weighted by molar-refractivity contribution is 0.391. The third-order valence-electron chi connectivity index (χ3n) is 5.15. The summed E-state index contributed by atoms with van der Waals surface area (Å²) in [6.45, 7) is 1.78. The monoisotopic (exact) mass is 564 g/mol. The molecule has 0 spiro atoms. The van der Waals surface area contributed by atoms with Gasteiger partial charge in [0.1, 0.15) is 28.8 Å². The quantitative estimate of drug-likeness (QED) is 0.312. The number of furan rings is 1. The van der Waals surface area contributed by atoms with Crippen LogP contribution in [0.2, 0.25) is 0 Å². The van der Waals surface area contributed by atoms with Crippen LogP contribution in [0.5, 0.6) is 11.5 Å². The highest BCUT2D eigenvalue weighted by atomic mass is 79.9. The van der Waals surface area contributed by atoms with E-state index in [2.05, 4.69) is 30.8 Å². The van der Waals surface area contributed by atoms with Gasteiger partial charge in [-0.15, -0.1) is 10.2 Å². The highest BCUT2D eigenvalue weighted by Crippen LogP contribution is 2.38. The fraction of sp³-hybridized carbons (Fsp3) is 0.217. The van der Waals surface area contributed by atoms with Crippen LogP contribution < -0.4 is 14.2 Å². The molecule has 0 unspecified atom stereocenters. The van der Waals surface area contributed by atoms with Gasteiger partial charge in [0, 0.05) is 4.47 Å². The minimum Gasteiger partial charge on any atom is -0.494 e. The van der Waals surface area contributed by atoms with Gasteiger partial charge in [-0.05, 0) is 55.3 Å². The Balaban J connectivity index is 1.75. The van der Waals surface area contributed by atoms with Gasteiger partial charge in [-0.25, -0.2) is 12.8 Å². The van der Waals surface area contributed by atoms with Crippen molar-refractivity contribution in [3.8, 4) is 28.8 Å². The van der Waals surface area contributed by atoms with E-state index in [-0.39, 0.29) is 23.9 Å². The third-order valence-corrected chi connectivity index (χ3v) is 7.12. The lowest BCUT2D eigenvalue weighted by Gasteiger charge is -2.17. The average Bonchev–Trinajstić information content (AvgIpc) is 3.43. The average molecular weight is 565 g/mol. The van der Waals surface area contributed by atoms with Crippen molar-refractivity contribution in [3.63, 3.8) is 0 Å². The molecule has 35 heavy (non-hydrogen) atoms. The normalized spacial score (nSPS) is 11.5. The van der Waals surface area contributed by atoms with Crippen LogP contribution >= 0.6 is 15.9 Å². The Morgan fingerprint density at radius 3 is 2.40 bits per heavy atom. The molecule has 4 rings (SSSR count). The van der Waals surface area contributed by atoms with Gasteiger partial charge in [-0.2, -0.15) is 0 Å². The molecule has 2 aromatic carbocycles. The molecule has 0 saturated heterocycles. The van der Waals surface area contributed by atoms with Gasteiger partial charge in [0.15, 0.2) is 5.76 Å². The van der Waals surface area contributed by atoms with Crippen molar-refractivity contribution < 1.29 is 26.7 Å². The Bertz CT molecular complexity index is 1450. The summed E-state index contributed by atoms with van der Waals surface area (Å²) in [6, 6.07) is 12.7. The van der Waals surface area contributed by atoms with Crippen molar-refractivity contribution in [2.45, 2.75) is 13.3 Å². The number of aryl methyl sites for hydroxylation is 2. The number of hydrogen-bond donors (Lipinski definition) is 1. The molecule has 2 heterocycles. The van der Waals surface area contributed by atoms with Gasteiger partial charge in [0.2, 0.25) is 21.8 Å². The number of sulfonamides is 1. The van der Waals surface area contributed by atoms with Gasteiger partial charge in [-0.3, -0.25) is 9.29 Å². The van der Waals surface area contributed by atoms with Crippen LogP contribution in [0.4, 0.5) is 10.3 Å². The molecule has 0 atom stereocenters. The Hall–Kier alpha value is -3.38. The molecule has 0 fully saturated rings. The van der Waals surface area contributed by atoms with Gasteiger partial charge in [-0.1, -0.05) is 28.1 Å². The molecule has 0 aliphatic heterocycles. The van der Waals surface area contributed by atoms with Crippen LogP contribution in [0.3, 0.4) is 0 Å². The first kappa shape index (κ1) is 24.7.